The summed E-state index contributed by atoms with van der Waals surface area (Å²) in [5, 5.41) is 0. The van der Waals surface area contributed by atoms with Gasteiger partial charge in [-0.1, -0.05) is 13.0 Å². The summed E-state index contributed by atoms with van der Waals surface area (Å²) in [6.45, 7) is 3.37. The Morgan fingerprint density at radius 2 is 1.92 bits per heavy atom. The van der Waals surface area contributed by atoms with Gasteiger partial charge in [-0.3, -0.25) is 0 Å². The lowest BCUT2D eigenvalue weighted by Crippen LogP contribution is -2.01. The van der Waals surface area contributed by atoms with Crippen LogP contribution in [-0.4, -0.2) is 0 Å². The molecule has 0 fully saturated rings. The molecule has 1 nitrogen and oxygen atoms in total. The average molecular weight is 171 g/mol. The zero-order valence-corrected chi connectivity index (χ0v) is 7.12. The number of nitrogens with two attached hydrogens (primary N) is 1. The number of anilines is 1. The van der Waals surface area contributed by atoms with E-state index >= 15 is 0 Å². The Bertz CT molecular complexity index is 308. The molecule has 1 aromatic rings. The summed E-state index contributed by atoms with van der Waals surface area (Å²) in [4.78, 5) is 0. The molecule has 0 saturated carbocycles. The van der Waals surface area contributed by atoms with Crippen molar-refractivity contribution in [2.45, 2.75) is 20.3 Å². The first-order valence-corrected chi connectivity index (χ1v) is 3.80. The first-order chi connectivity index (χ1) is 5.57. The lowest BCUT2D eigenvalue weighted by Gasteiger charge is -2.06. The molecular formula is C9H11F2N. The van der Waals surface area contributed by atoms with Crippen molar-refractivity contribution in [3.05, 3.63) is 28.8 Å². The largest absolute Gasteiger partial charge is 0.394 e. The third-order valence-electron chi connectivity index (χ3n) is 1.87. The standard InChI is InChI=1S/C9H11F2N/c1-3-6-4-5(2)7(10)9(12)8(6)11/h4H,3,12H2,1-2H3. The van der Waals surface area contributed by atoms with Gasteiger partial charge < -0.3 is 5.73 Å². The van der Waals surface area contributed by atoms with E-state index in [0.29, 0.717) is 17.5 Å². The molecule has 0 aromatic heterocycles. The second-order valence-electron chi connectivity index (χ2n) is 2.75. The molecule has 0 atom stereocenters. The van der Waals surface area contributed by atoms with E-state index in [4.69, 9.17) is 5.73 Å². The van der Waals surface area contributed by atoms with Crippen LogP contribution in [0, 0.1) is 18.6 Å². The second kappa shape index (κ2) is 3.09. The molecular weight excluding hydrogens is 160 g/mol. The fourth-order valence-corrected chi connectivity index (χ4v) is 1.13. The highest BCUT2D eigenvalue weighted by Crippen LogP contribution is 2.22. The fraction of sp³-hybridized carbons (Fsp3) is 0.333. The first-order valence-electron chi connectivity index (χ1n) is 3.80. The summed E-state index contributed by atoms with van der Waals surface area (Å²) in [6.07, 6.45) is 0.525. The van der Waals surface area contributed by atoms with Crippen molar-refractivity contribution in [2.75, 3.05) is 5.73 Å². The van der Waals surface area contributed by atoms with Crippen LogP contribution in [0.4, 0.5) is 14.5 Å². The van der Waals surface area contributed by atoms with Crippen LogP contribution in [-0.2, 0) is 6.42 Å². The number of hydrogen-bond donors (Lipinski definition) is 1. The molecule has 3 heteroatoms. The van der Waals surface area contributed by atoms with Crippen LogP contribution in [0.1, 0.15) is 18.1 Å². The SMILES string of the molecule is CCc1cc(C)c(F)c(N)c1F. The predicted molar refractivity (Wildman–Crippen MR) is 44.9 cm³/mol. The molecule has 0 spiro atoms. The second-order valence-corrected chi connectivity index (χ2v) is 2.75. The van der Waals surface area contributed by atoms with Crippen LogP contribution in [0.25, 0.3) is 0 Å². The van der Waals surface area contributed by atoms with Crippen LogP contribution in [0.3, 0.4) is 0 Å². The summed E-state index contributed by atoms with van der Waals surface area (Å²) in [6, 6.07) is 1.49. The Morgan fingerprint density at radius 3 is 2.42 bits per heavy atom. The number of halogens is 2. The molecule has 0 saturated heterocycles. The van der Waals surface area contributed by atoms with Gasteiger partial charge >= 0.3 is 0 Å². The molecule has 1 aromatic carbocycles. The van der Waals surface area contributed by atoms with E-state index in [2.05, 4.69) is 0 Å². The summed E-state index contributed by atoms with van der Waals surface area (Å²) < 4.78 is 26.0. The number of aryl methyl sites for hydroxylation is 2. The van der Waals surface area contributed by atoms with E-state index in [0.717, 1.165) is 0 Å². The molecule has 0 radical (unpaired) electrons. The Balaban J connectivity index is 3.39. The van der Waals surface area contributed by atoms with Gasteiger partial charge in [-0.05, 0) is 24.5 Å². The molecule has 0 aliphatic carbocycles. The number of hydrogen-bond acceptors (Lipinski definition) is 1. The fourth-order valence-electron chi connectivity index (χ4n) is 1.13. The zero-order valence-electron chi connectivity index (χ0n) is 7.12. The number of nitrogen functional groups attached to an aromatic ring is 1. The van der Waals surface area contributed by atoms with Crippen molar-refractivity contribution < 1.29 is 8.78 Å². The molecule has 0 unspecified atom stereocenters. The summed E-state index contributed by atoms with van der Waals surface area (Å²) in [7, 11) is 0. The minimum atomic E-state index is -0.648. The average Bonchev–Trinajstić information content (AvgIpc) is 2.08. The maximum absolute atomic E-state index is 13.1. The molecule has 66 valence electrons. The highest BCUT2D eigenvalue weighted by molar-refractivity contribution is 5.48. The van der Waals surface area contributed by atoms with E-state index < -0.39 is 11.6 Å². The van der Waals surface area contributed by atoms with Gasteiger partial charge in [-0.25, -0.2) is 8.78 Å². The predicted octanol–water partition coefficient (Wildman–Crippen LogP) is 2.42. The highest BCUT2D eigenvalue weighted by atomic mass is 19.1. The maximum atomic E-state index is 13.1. The Kier molecular flexibility index (Phi) is 2.31. The van der Waals surface area contributed by atoms with Crippen molar-refractivity contribution in [1.29, 1.82) is 0 Å². The monoisotopic (exact) mass is 171 g/mol. The lowest BCUT2D eigenvalue weighted by atomic mass is 10.1. The molecule has 0 bridgehead atoms. The van der Waals surface area contributed by atoms with E-state index in [1.54, 1.807) is 13.8 Å². The normalized spacial score (nSPS) is 10.3. The van der Waals surface area contributed by atoms with E-state index in [-0.39, 0.29) is 5.69 Å². The summed E-state index contributed by atoms with van der Waals surface area (Å²) >= 11 is 0. The first kappa shape index (κ1) is 8.97. The number of benzene rings is 1. The van der Waals surface area contributed by atoms with Crippen LogP contribution in [0.2, 0.25) is 0 Å². The maximum Gasteiger partial charge on any atom is 0.152 e. The van der Waals surface area contributed by atoms with Crippen molar-refractivity contribution in [3.63, 3.8) is 0 Å². The van der Waals surface area contributed by atoms with Crippen molar-refractivity contribution in [1.82, 2.24) is 0 Å². The smallest absolute Gasteiger partial charge is 0.152 e. The molecule has 0 aliphatic heterocycles. The van der Waals surface area contributed by atoms with Gasteiger partial charge in [0.2, 0.25) is 0 Å². The van der Waals surface area contributed by atoms with Crippen molar-refractivity contribution in [3.8, 4) is 0 Å². The molecule has 0 heterocycles. The Labute approximate surface area is 70.2 Å². The Hall–Kier alpha value is -1.12. The molecule has 2 N–H and O–H groups in total. The van der Waals surface area contributed by atoms with Gasteiger partial charge in [0.25, 0.3) is 0 Å². The van der Waals surface area contributed by atoms with Crippen LogP contribution >= 0.6 is 0 Å². The summed E-state index contributed by atoms with van der Waals surface area (Å²) in [5.74, 6) is -1.27. The van der Waals surface area contributed by atoms with E-state index in [1.165, 1.54) is 6.07 Å². The minimum Gasteiger partial charge on any atom is -0.394 e. The zero-order chi connectivity index (χ0) is 9.30. The van der Waals surface area contributed by atoms with Crippen LogP contribution in [0.15, 0.2) is 6.07 Å². The Morgan fingerprint density at radius 1 is 1.33 bits per heavy atom. The van der Waals surface area contributed by atoms with Crippen molar-refractivity contribution in [2.24, 2.45) is 0 Å². The minimum absolute atomic E-state index is 0.369. The molecule has 0 amide bonds. The number of rotatable bonds is 1. The van der Waals surface area contributed by atoms with Gasteiger partial charge in [0, 0.05) is 0 Å². The van der Waals surface area contributed by atoms with Crippen LogP contribution in [0.5, 0.6) is 0 Å². The van der Waals surface area contributed by atoms with Gasteiger partial charge in [0.15, 0.2) is 11.6 Å². The third kappa shape index (κ3) is 1.26. The van der Waals surface area contributed by atoms with Gasteiger partial charge in [-0.2, -0.15) is 0 Å². The topological polar surface area (TPSA) is 26.0 Å². The molecule has 12 heavy (non-hydrogen) atoms. The highest BCUT2D eigenvalue weighted by Gasteiger charge is 2.11. The third-order valence-corrected chi connectivity index (χ3v) is 1.87. The van der Waals surface area contributed by atoms with Gasteiger partial charge in [0.1, 0.15) is 5.69 Å². The summed E-state index contributed by atoms with van der Waals surface area (Å²) in [5.41, 5.74) is 5.70. The van der Waals surface area contributed by atoms with Crippen molar-refractivity contribution >= 4 is 5.69 Å². The lowest BCUT2D eigenvalue weighted by molar-refractivity contribution is 0.576. The van der Waals surface area contributed by atoms with E-state index in [1.807, 2.05) is 0 Å². The molecule has 0 aliphatic rings. The van der Waals surface area contributed by atoms with Gasteiger partial charge in [-0.15, -0.1) is 0 Å². The van der Waals surface area contributed by atoms with E-state index in [9.17, 15) is 8.78 Å². The van der Waals surface area contributed by atoms with Gasteiger partial charge in [0.05, 0.1) is 0 Å². The molecule has 1 rings (SSSR count). The van der Waals surface area contributed by atoms with Crippen LogP contribution < -0.4 is 5.73 Å². The quantitative estimate of drug-likeness (QED) is 0.645.